The van der Waals surface area contributed by atoms with Gasteiger partial charge in [-0.25, -0.2) is 4.79 Å². The molecule has 0 aromatic rings. The van der Waals surface area contributed by atoms with Gasteiger partial charge in [-0.05, 0) is 51.4 Å². The molecule has 0 spiro atoms. The summed E-state index contributed by atoms with van der Waals surface area (Å²) >= 11 is 0. The highest BCUT2D eigenvalue weighted by molar-refractivity contribution is 5.86. The van der Waals surface area contributed by atoms with Crippen LogP contribution >= 0.6 is 0 Å². The summed E-state index contributed by atoms with van der Waals surface area (Å²) in [7, 11) is 0. The van der Waals surface area contributed by atoms with Crippen LogP contribution in [-0.4, -0.2) is 30.6 Å². The standard InChI is InChI=1S/C18H32O4/c1-4-7-15-8-10-16(11-9-15)18(20)22-13-6-5-12-21-17(19)14(2)3/h15-16,18,20H,2,4-13H2,1,3H3. The highest BCUT2D eigenvalue weighted by atomic mass is 16.6. The first kappa shape index (κ1) is 19.2. The highest BCUT2D eigenvalue weighted by Gasteiger charge is 2.26. The van der Waals surface area contributed by atoms with E-state index in [2.05, 4.69) is 13.5 Å². The van der Waals surface area contributed by atoms with Gasteiger partial charge in [0.1, 0.15) is 0 Å². The molecule has 1 fully saturated rings. The smallest absolute Gasteiger partial charge is 0.333 e. The van der Waals surface area contributed by atoms with Gasteiger partial charge in [-0.1, -0.05) is 26.3 Å². The molecule has 0 aliphatic heterocycles. The molecular formula is C18H32O4. The van der Waals surface area contributed by atoms with Gasteiger partial charge < -0.3 is 14.6 Å². The van der Waals surface area contributed by atoms with Crippen molar-refractivity contribution in [3.05, 3.63) is 12.2 Å². The number of aliphatic hydroxyl groups excluding tert-OH is 1. The summed E-state index contributed by atoms with van der Waals surface area (Å²) in [5.74, 6) is 0.788. The maximum absolute atomic E-state index is 11.2. The zero-order valence-electron chi connectivity index (χ0n) is 14.2. The first-order chi connectivity index (χ1) is 10.5. The number of rotatable bonds is 10. The number of aliphatic hydroxyl groups is 1. The Morgan fingerprint density at radius 1 is 1.23 bits per heavy atom. The van der Waals surface area contributed by atoms with Crippen LogP contribution in [0, 0.1) is 11.8 Å². The molecule has 1 unspecified atom stereocenters. The Morgan fingerprint density at radius 3 is 2.45 bits per heavy atom. The molecule has 128 valence electrons. The Kier molecular flexibility index (Phi) is 9.41. The van der Waals surface area contributed by atoms with Crippen molar-refractivity contribution < 1.29 is 19.4 Å². The van der Waals surface area contributed by atoms with E-state index in [1.165, 1.54) is 25.7 Å². The molecule has 1 saturated carbocycles. The third kappa shape index (κ3) is 7.41. The Balaban J connectivity index is 2.03. The predicted molar refractivity (Wildman–Crippen MR) is 87.3 cm³/mol. The van der Waals surface area contributed by atoms with E-state index in [0.29, 0.717) is 18.8 Å². The Hall–Kier alpha value is -0.870. The summed E-state index contributed by atoms with van der Waals surface area (Å²) in [6, 6.07) is 0. The van der Waals surface area contributed by atoms with Crippen LogP contribution in [-0.2, 0) is 14.3 Å². The second-order valence-corrected chi connectivity index (χ2v) is 6.45. The molecule has 0 bridgehead atoms. The van der Waals surface area contributed by atoms with Gasteiger partial charge in [0.15, 0.2) is 6.29 Å². The molecule has 1 atom stereocenters. The van der Waals surface area contributed by atoms with Crippen LogP contribution in [0.4, 0.5) is 0 Å². The molecule has 1 N–H and O–H groups in total. The van der Waals surface area contributed by atoms with E-state index in [-0.39, 0.29) is 11.9 Å². The fraction of sp³-hybridized carbons (Fsp3) is 0.833. The summed E-state index contributed by atoms with van der Waals surface area (Å²) in [4.78, 5) is 11.2. The topological polar surface area (TPSA) is 55.8 Å². The quantitative estimate of drug-likeness (QED) is 0.288. The first-order valence-electron chi connectivity index (χ1n) is 8.66. The van der Waals surface area contributed by atoms with Crippen molar-refractivity contribution in [3.63, 3.8) is 0 Å². The zero-order chi connectivity index (χ0) is 16.4. The Labute approximate surface area is 134 Å². The van der Waals surface area contributed by atoms with Crippen LogP contribution in [0.5, 0.6) is 0 Å². The van der Waals surface area contributed by atoms with Gasteiger partial charge in [-0.15, -0.1) is 0 Å². The van der Waals surface area contributed by atoms with Crippen molar-refractivity contribution in [2.75, 3.05) is 13.2 Å². The molecule has 0 heterocycles. The number of carbonyl (C=O) groups excluding carboxylic acids is 1. The summed E-state index contributed by atoms with van der Waals surface area (Å²) in [5, 5.41) is 10.1. The zero-order valence-corrected chi connectivity index (χ0v) is 14.2. The largest absolute Gasteiger partial charge is 0.462 e. The van der Waals surface area contributed by atoms with Gasteiger partial charge in [0.25, 0.3) is 0 Å². The molecule has 1 aliphatic rings. The van der Waals surface area contributed by atoms with Crippen LogP contribution in [0.15, 0.2) is 12.2 Å². The Bertz CT molecular complexity index is 332. The number of esters is 1. The van der Waals surface area contributed by atoms with E-state index >= 15 is 0 Å². The summed E-state index contributed by atoms with van der Waals surface area (Å²) in [5.41, 5.74) is 0.422. The lowest BCUT2D eigenvalue weighted by atomic mass is 9.80. The molecule has 1 rings (SSSR count). The number of ether oxygens (including phenoxy) is 2. The van der Waals surface area contributed by atoms with E-state index in [4.69, 9.17) is 9.47 Å². The van der Waals surface area contributed by atoms with E-state index in [1.807, 2.05) is 0 Å². The van der Waals surface area contributed by atoms with E-state index in [9.17, 15) is 9.90 Å². The average Bonchev–Trinajstić information content (AvgIpc) is 2.51. The maximum atomic E-state index is 11.2. The molecule has 0 amide bonds. The Morgan fingerprint density at radius 2 is 1.86 bits per heavy atom. The average molecular weight is 312 g/mol. The fourth-order valence-electron chi connectivity index (χ4n) is 3.00. The minimum absolute atomic E-state index is 0.286. The van der Waals surface area contributed by atoms with Gasteiger partial charge in [-0.3, -0.25) is 0 Å². The van der Waals surface area contributed by atoms with E-state index in [1.54, 1.807) is 6.92 Å². The van der Waals surface area contributed by atoms with Crippen molar-refractivity contribution in [2.24, 2.45) is 11.8 Å². The van der Waals surface area contributed by atoms with Crippen molar-refractivity contribution in [1.29, 1.82) is 0 Å². The normalized spacial score (nSPS) is 23.0. The van der Waals surface area contributed by atoms with Crippen LogP contribution in [0.2, 0.25) is 0 Å². The van der Waals surface area contributed by atoms with E-state index < -0.39 is 6.29 Å². The number of hydrogen-bond acceptors (Lipinski definition) is 4. The lowest BCUT2D eigenvalue weighted by Crippen LogP contribution is -2.28. The number of unbranched alkanes of at least 4 members (excludes halogenated alkanes) is 1. The third-order valence-electron chi connectivity index (χ3n) is 4.40. The molecule has 0 aromatic heterocycles. The molecule has 0 saturated heterocycles. The van der Waals surface area contributed by atoms with Gasteiger partial charge in [0.05, 0.1) is 6.61 Å². The molecule has 0 radical (unpaired) electrons. The van der Waals surface area contributed by atoms with Crippen molar-refractivity contribution in [3.8, 4) is 0 Å². The minimum Gasteiger partial charge on any atom is -0.462 e. The number of hydrogen-bond donors (Lipinski definition) is 1. The van der Waals surface area contributed by atoms with Crippen molar-refractivity contribution in [1.82, 2.24) is 0 Å². The monoisotopic (exact) mass is 312 g/mol. The first-order valence-corrected chi connectivity index (χ1v) is 8.66. The molecule has 22 heavy (non-hydrogen) atoms. The lowest BCUT2D eigenvalue weighted by molar-refractivity contribution is -0.146. The third-order valence-corrected chi connectivity index (χ3v) is 4.40. The molecule has 4 nitrogen and oxygen atoms in total. The lowest BCUT2D eigenvalue weighted by Gasteiger charge is -2.31. The van der Waals surface area contributed by atoms with Gasteiger partial charge in [0.2, 0.25) is 0 Å². The van der Waals surface area contributed by atoms with Crippen molar-refractivity contribution in [2.45, 2.75) is 71.5 Å². The van der Waals surface area contributed by atoms with Crippen molar-refractivity contribution >= 4 is 5.97 Å². The number of carbonyl (C=O) groups is 1. The van der Waals surface area contributed by atoms with Crippen LogP contribution in [0.25, 0.3) is 0 Å². The molecule has 1 aliphatic carbocycles. The van der Waals surface area contributed by atoms with Gasteiger partial charge >= 0.3 is 5.97 Å². The highest BCUT2D eigenvalue weighted by Crippen LogP contribution is 2.33. The fourth-order valence-corrected chi connectivity index (χ4v) is 3.00. The van der Waals surface area contributed by atoms with Crippen LogP contribution in [0.3, 0.4) is 0 Å². The van der Waals surface area contributed by atoms with Gasteiger partial charge in [-0.2, -0.15) is 0 Å². The van der Waals surface area contributed by atoms with Gasteiger partial charge in [0, 0.05) is 18.1 Å². The second-order valence-electron chi connectivity index (χ2n) is 6.45. The summed E-state index contributed by atoms with van der Waals surface area (Å²) in [6.07, 6.45) is 8.04. The molecular weight excluding hydrogens is 280 g/mol. The summed E-state index contributed by atoms with van der Waals surface area (Å²) in [6.45, 7) is 8.30. The molecule has 4 heteroatoms. The van der Waals surface area contributed by atoms with Crippen LogP contribution in [0.1, 0.15) is 65.2 Å². The predicted octanol–water partition coefficient (Wildman–Crippen LogP) is 3.83. The maximum Gasteiger partial charge on any atom is 0.333 e. The second kappa shape index (κ2) is 10.8. The SMILES string of the molecule is C=C(C)C(=O)OCCCCOC(O)C1CCC(CCC)CC1. The van der Waals surface area contributed by atoms with E-state index in [0.717, 1.165) is 31.6 Å². The minimum atomic E-state index is -0.638. The summed E-state index contributed by atoms with van der Waals surface area (Å²) < 4.78 is 10.5. The molecule has 0 aromatic carbocycles. The van der Waals surface area contributed by atoms with Crippen LogP contribution < -0.4 is 0 Å².